The van der Waals surface area contributed by atoms with Gasteiger partial charge in [-0.2, -0.15) is 0 Å². The molecule has 1 fully saturated rings. The topological polar surface area (TPSA) is 63.7 Å². The van der Waals surface area contributed by atoms with Crippen LogP contribution in [-0.4, -0.2) is 50.9 Å². The second-order valence-electron chi connectivity index (χ2n) is 6.67. The molecule has 3 rings (SSSR count). The highest BCUT2D eigenvalue weighted by Crippen LogP contribution is 2.25. The molecule has 0 N–H and O–H groups in total. The van der Waals surface area contributed by atoms with Crippen molar-refractivity contribution >= 4 is 27.4 Å². The molecule has 0 aromatic heterocycles. The van der Waals surface area contributed by atoms with E-state index in [1.54, 1.807) is 19.1 Å². The lowest BCUT2D eigenvalue weighted by molar-refractivity contribution is -0.125. The van der Waals surface area contributed by atoms with Gasteiger partial charge in [0.15, 0.2) is 9.84 Å². The van der Waals surface area contributed by atoms with E-state index in [-0.39, 0.29) is 23.5 Å². The summed E-state index contributed by atoms with van der Waals surface area (Å²) in [5, 5.41) is 0. The summed E-state index contributed by atoms with van der Waals surface area (Å²) in [6.45, 7) is 0. The van der Waals surface area contributed by atoms with Gasteiger partial charge in [0.05, 0.1) is 18.6 Å². The number of rotatable bonds is 5. The van der Waals surface area contributed by atoms with Crippen LogP contribution in [0.2, 0.25) is 0 Å². The minimum Gasteiger partial charge on any atom is -0.497 e. The summed E-state index contributed by atoms with van der Waals surface area (Å²) < 4.78 is 28.9. The maximum Gasteiger partial charge on any atom is 0.254 e. The van der Waals surface area contributed by atoms with Gasteiger partial charge in [-0.05, 0) is 35.8 Å². The molecule has 1 amide bonds. The Labute approximate surface area is 160 Å². The molecule has 142 valence electrons. The zero-order chi connectivity index (χ0) is 19.4. The van der Waals surface area contributed by atoms with Gasteiger partial charge < -0.3 is 9.64 Å². The SMILES string of the molecule is COc1cccc(C=C(C(=O)N(C)C2CCS(=O)(=O)C2)c2ccccc2)c1. The van der Waals surface area contributed by atoms with Crippen LogP contribution in [-0.2, 0) is 14.6 Å². The van der Waals surface area contributed by atoms with Crippen molar-refractivity contribution in [3.05, 3.63) is 65.7 Å². The molecule has 27 heavy (non-hydrogen) atoms. The number of likely N-dealkylation sites (N-methyl/N-ethyl adjacent to an activating group) is 1. The highest BCUT2D eigenvalue weighted by Gasteiger charge is 2.33. The average molecular weight is 385 g/mol. The summed E-state index contributed by atoms with van der Waals surface area (Å²) in [6.07, 6.45) is 2.30. The van der Waals surface area contributed by atoms with Gasteiger partial charge in [0.25, 0.3) is 5.91 Å². The molecule has 2 aromatic carbocycles. The van der Waals surface area contributed by atoms with Gasteiger partial charge in [-0.1, -0.05) is 42.5 Å². The Morgan fingerprint density at radius 2 is 1.89 bits per heavy atom. The van der Waals surface area contributed by atoms with E-state index in [1.807, 2.05) is 60.7 Å². The number of carbonyl (C=O) groups excluding carboxylic acids is 1. The molecule has 0 aliphatic carbocycles. The van der Waals surface area contributed by atoms with Crippen molar-refractivity contribution in [3.8, 4) is 5.75 Å². The first-order chi connectivity index (χ1) is 12.9. The van der Waals surface area contributed by atoms with Gasteiger partial charge in [0.2, 0.25) is 0 Å². The van der Waals surface area contributed by atoms with Crippen molar-refractivity contribution in [2.45, 2.75) is 12.5 Å². The van der Waals surface area contributed by atoms with E-state index in [0.717, 1.165) is 11.1 Å². The monoisotopic (exact) mass is 385 g/mol. The normalized spacial score (nSPS) is 18.9. The fourth-order valence-electron chi connectivity index (χ4n) is 3.22. The molecular formula is C21H23NO4S. The van der Waals surface area contributed by atoms with Crippen LogP contribution >= 0.6 is 0 Å². The maximum absolute atomic E-state index is 13.2. The molecule has 1 aliphatic rings. The van der Waals surface area contributed by atoms with Crippen LogP contribution < -0.4 is 4.74 Å². The third-order valence-corrected chi connectivity index (χ3v) is 6.55. The van der Waals surface area contributed by atoms with Crippen molar-refractivity contribution < 1.29 is 17.9 Å². The molecule has 0 saturated carbocycles. The zero-order valence-corrected chi connectivity index (χ0v) is 16.3. The number of amides is 1. The molecule has 0 spiro atoms. The number of methoxy groups -OCH3 is 1. The number of nitrogens with zero attached hydrogens (tertiary/aromatic N) is 1. The van der Waals surface area contributed by atoms with E-state index in [2.05, 4.69) is 0 Å². The predicted molar refractivity (Wildman–Crippen MR) is 107 cm³/mol. The minimum atomic E-state index is -3.06. The van der Waals surface area contributed by atoms with Gasteiger partial charge in [-0.3, -0.25) is 4.79 Å². The standard InChI is InChI=1S/C21H23NO4S/c1-22(18-11-12-27(24,25)15-18)21(23)20(17-8-4-3-5-9-17)14-16-7-6-10-19(13-16)26-2/h3-10,13-14,18H,11-12,15H2,1-2H3. The fourth-order valence-corrected chi connectivity index (χ4v) is 5.00. The van der Waals surface area contributed by atoms with Crippen LogP contribution in [0.4, 0.5) is 0 Å². The van der Waals surface area contributed by atoms with Gasteiger partial charge in [-0.25, -0.2) is 8.42 Å². The molecule has 1 heterocycles. The van der Waals surface area contributed by atoms with Crippen LogP contribution in [0.1, 0.15) is 17.5 Å². The molecule has 0 radical (unpaired) electrons. The third-order valence-electron chi connectivity index (χ3n) is 4.80. The molecule has 1 aliphatic heterocycles. The van der Waals surface area contributed by atoms with Crippen molar-refractivity contribution in [2.75, 3.05) is 25.7 Å². The first kappa shape index (κ1) is 19.2. The van der Waals surface area contributed by atoms with E-state index in [4.69, 9.17) is 4.74 Å². The van der Waals surface area contributed by atoms with E-state index < -0.39 is 9.84 Å². The van der Waals surface area contributed by atoms with Crippen LogP contribution in [0, 0.1) is 0 Å². The first-order valence-corrected chi connectivity index (χ1v) is 10.6. The Morgan fingerprint density at radius 1 is 1.15 bits per heavy atom. The van der Waals surface area contributed by atoms with Crippen molar-refractivity contribution in [2.24, 2.45) is 0 Å². The third kappa shape index (κ3) is 4.57. The second kappa shape index (κ2) is 7.96. The summed E-state index contributed by atoms with van der Waals surface area (Å²) in [5.74, 6) is 0.677. The maximum atomic E-state index is 13.2. The van der Waals surface area contributed by atoms with Crippen LogP contribution in [0.5, 0.6) is 5.75 Å². The van der Waals surface area contributed by atoms with Gasteiger partial charge in [0.1, 0.15) is 5.75 Å². The Bertz CT molecular complexity index is 951. The number of hydrogen-bond donors (Lipinski definition) is 0. The number of sulfone groups is 1. The minimum absolute atomic E-state index is 0.0243. The Morgan fingerprint density at radius 3 is 2.52 bits per heavy atom. The quantitative estimate of drug-likeness (QED) is 0.586. The number of hydrogen-bond acceptors (Lipinski definition) is 4. The Balaban J connectivity index is 1.97. The van der Waals surface area contributed by atoms with Gasteiger partial charge >= 0.3 is 0 Å². The lowest BCUT2D eigenvalue weighted by Crippen LogP contribution is -2.38. The summed E-state index contributed by atoms with van der Waals surface area (Å²) in [7, 11) is 0.212. The highest BCUT2D eigenvalue weighted by atomic mass is 32.2. The molecule has 0 bridgehead atoms. The van der Waals surface area contributed by atoms with Gasteiger partial charge in [-0.15, -0.1) is 0 Å². The number of ether oxygens (including phenoxy) is 1. The lowest BCUT2D eigenvalue weighted by atomic mass is 10.0. The van der Waals surface area contributed by atoms with Crippen LogP contribution in [0.25, 0.3) is 11.6 Å². The van der Waals surface area contributed by atoms with Gasteiger partial charge in [0, 0.05) is 18.7 Å². The summed E-state index contributed by atoms with van der Waals surface area (Å²) >= 11 is 0. The van der Waals surface area contributed by atoms with Crippen molar-refractivity contribution in [1.29, 1.82) is 0 Å². The van der Waals surface area contributed by atoms with E-state index in [9.17, 15) is 13.2 Å². The van der Waals surface area contributed by atoms with E-state index in [1.165, 1.54) is 0 Å². The molecule has 2 aromatic rings. The zero-order valence-electron chi connectivity index (χ0n) is 15.5. The molecule has 1 saturated heterocycles. The van der Waals surface area contributed by atoms with Crippen molar-refractivity contribution in [1.82, 2.24) is 4.90 Å². The smallest absolute Gasteiger partial charge is 0.254 e. The molecule has 1 atom stereocenters. The molecular weight excluding hydrogens is 362 g/mol. The Kier molecular flexibility index (Phi) is 5.65. The van der Waals surface area contributed by atoms with Crippen LogP contribution in [0.3, 0.4) is 0 Å². The van der Waals surface area contributed by atoms with E-state index in [0.29, 0.717) is 17.7 Å². The first-order valence-electron chi connectivity index (χ1n) is 8.78. The summed E-state index contributed by atoms with van der Waals surface area (Å²) in [4.78, 5) is 14.8. The number of benzene rings is 2. The molecule has 1 unspecified atom stereocenters. The largest absolute Gasteiger partial charge is 0.497 e. The lowest BCUT2D eigenvalue weighted by Gasteiger charge is -2.25. The van der Waals surface area contributed by atoms with Crippen molar-refractivity contribution in [3.63, 3.8) is 0 Å². The predicted octanol–water partition coefficient (Wildman–Crippen LogP) is 2.88. The highest BCUT2D eigenvalue weighted by molar-refractivity contribution is 7.91. The fraction of sp³-hybridized carbons (Fsp3) is 0.286. The number of carbonyl (C=O) groups is 1. The van der Waals surface area contributed by atoms with E-state index >= 15 is 0 Å². The summed E-state index contributed by atoms with van der Waals surface area (Å²) in [6, 6.07) is 16.6. The van der Waals surface area contributed by atoms with Crippen LogP contribution in [0.15, 0.2) is 54.6 Å². The summed E-state index contributed by atoms with van der Waals surface area (Å²) in [5.41, 5.74) is 2.16. The molecule has 6 heteroatoms. The Hall–Kier alpha value is -2.60. The molecule has 5 nitrogen and oxygen atoms in total. The average Bonchev–Trinajstić information content (AvgIpc) is 3.05. The second-order valence-corrected chi connectivity index (χ2v) is 8.90.